The molecule has 0 rings (SSSR count). The number of carboxylic acid groups (broad SMARTS) is 2. The molecule has 212 valence electrons. The van der Waals surface area contributed by atoms with Gasteiger partial charge in [-0.15, -0.1) is 0 Å². The molecule has 0 aromatic carbocycles. The number of unbranched alkanes of at least 4 members (excludes halogenated alkanes) is 1. The van der Waals surface area contributed by atoms with E-state index in [0.717, 1.165) is 0 Å². The van der Waals surface area contributed by atoms with Gasteiger partial charge in [-0.25, -0.2) is 4.79 Å². The normalized spacial score (nSPS) is 15.2. The number of nitrogens with one attached hydrogen (secondary N) is 4. The molecule has 10 N–H and O–H groups in total. The Kier molecular flexibility index (Phi) is 15.0. The lowest BCUT2D eigenvalue weighted by atomic mass is 10.0. The largest absolute Gasteiger partial charge is 0.481 e. The molecule has 0 spiro atoms. The van der Waals surface area contributed by atoms with Gasteiger partial charge in [0.15, 0.2) is 0 Å². The van der Waals surface area contributed by atoms with Gasteiger partial charge in [0, 0.05) is 0 Å². The Bertz CT molecular complexity index is 819. The molecule has 0 aromatic rings. The minimum Gasteiger partial charge on any atom is -0.481 e. The number of amides is 4. The summed E-state index contributed by atoms with van der Waals surface area (Å²) in [6, 6.07) is -5.80. The molecule has 0 heterocycles. The zero-order chi connectivity index (χ0) is 28.9. The van der Waals surface area contributed by atoms with Crippen molar-refractivity contribution in [2.75, 3.05) is 6.54 Å². The smallest absolute Gasteiger partial charge is 0.326 e. The highest BCUT2D eigenvalue weighted by Gasteiger charge is 2.32. The Labute approximate surface area is 216 Å². The highest BCUT2D eigenvalue weighted by atomic mass is 16.4. The Morgan fingerprint density at radius 1 is 0.703 bits per heavy atom. The average Bonchev–Trinajstić information content (AvgIpc) is 2.78. The third kappa shape index (κ3) is 12.5. The van der Waals surface area contributed by atoms with Crippen LogP contribution in [0.3, 0.4) is 0 Å². The summed E-state index contributed by atoms with van der Waals surface area (Å²) in [4.78, 5) is 72.9. The highest BCUT2D eigenvalue weighted by molar-refractivity contribution is 5.95. The summed E-state index contributed by atoms with van der Waals surface area (Å²) in [6.07, 6.45) is 0.608. The Balaban J connectivity index is 5.48. The Morgan fingerprint density at radius 2 is 1.24 bits per heavy atom. The molecule has 37 heavy (non-hydrogen) atoms. The molecule has 0 aliphatic rings. The first kappa shape index (κ1) is 33.7. The maximum Gasteiger partial charge on any atom is 0.326 e. The Hall–Kier alpha value is -3.26. The van der Waals surface area contributed by atoms with Gasteiger partial charge in [-0.2, -0.15) is 0 Å². The van der Waals surface area contributed by atoms with E-state index in [0.29, 0.717) is 19.4 Å². The quantitative estimate of drug-likeness (QED) is 0.0988. The molecular formula is C23H42N6O8. The van der Waals surface area contributed by atoms with Crippen LogP contribution in [0.4, 0.5) is 0 Å². The van der Waals surface area contributed by atoms with E-state index in [9.17, 15) is 33.9 Å². The van der Waals surface area contributed by atoms with Crippen LogP contribution < -0.4 is 32.7 Å². The maximum absolute atomic E-state index is 13.0. The van der Waals surface area contributed by atoms with E-state index in [1.165, 1.54) is 6.92 Å². The van der Waals surface area contributed by atoms with Crippen molar-refractivity contribution in [3.05, 3.63) is 0 Å². The lowest BCUT2D eigenvalue weighted by Gasteiger charge is -2.27. The molecule has 14 heteroatoms. The first-order valence-corrected chi connectivity index (χ1v) is 12.2. The topological polar surface area (TPSA) is 243 Å². The molecule has 0 aliphatic heterocycles. The van der Waals surface area contributed by atoms with Crippen molar-refractivity contribution in [2.45, 2.75) is 90.5 Å². The van der Waals surface area contributed by atoms with E-state index < -0.39 is 78.1 Å². The predicted octanol–water partition coefficient (Wildman–Crippen LogP) is -1.73. The zero-order valence-electron chi connectivity index (χ0n) is 22.1. The highest BCUT2D eigenvalue weighted by Crippen LogP contribution is 2.08. The standard InChI is InChI=1S/C23H42N6O8/c1-11(2)17(28-20(33)14(25)10-16(30)31)22(35)27-15(8-6-7-9-24)21(34)26-13(5)19(32)29-18(12(3)4)23(36)37/h11-15,17-18H,6-10,24-25H2,1-5H3,(H,26,34)(H,27,35)(H,28,33)(H,29,32)(H,30,31)(H,36,37)/t13-,14-,15-,17-,18-/m0/s1. The van der Waals surface area contributed by atoms with Gasteiger partial charge >= 0.3 is 11.9 Å². The molecule has 0 bridgehead atoms. The van der Waals surface area contributed by atoms with Crippen molar-refractivity contribution in [2.24, 2.45) is 23.3 Å². The summed E-state index contributed by atoms with van der Waals surface area (Å²) in [7, 11) is 0. The van der Waals surface area contributed by atoms with Crippen molar-refractivity contribution in [3.63, 3.8) is 0 Å². The minimum atomic E-state index is -1.37. The molecule has 0 saturated heterocycles. The fourth-order valence-corrected chi connectivity index (χ4v) is 3.27. The van der Waals surface area contributed by atoms with Gasteiger partial charge in [-0.3, -0.25) is 24.0 Å². The molecule has 0 fully saturated rings. The number of nitrogens with two attached hydrogens (primary N) is 2. The van der Waals surface area contributed by atoms with Gasteiger partial charge in [0.2, 0.25) is 23.6 Å². The third-order valence-corrected chi connectivity index (χ3v) is 5.54. The van der Waals surface area contributed by atoms with E-state index >= 15 is 0 Å². The number of hydrogen-bond donors (Lipinski definition) is 8. The van der Waals surface area contributed by atoms with E-state index in [2.05, 4.69) is 21.3 Å². The first-order valence-electron chi connectivity index (χ1n) is 12.2. The molecule has 0 aromatic heterocycles. The molecule has 0 radical (unpaired) electrons. The summed E-state index contributed by atoms with van der Waals surface area (Å²) in [5.41, 5.74) is 11.1. The van der Waals surface area contributed by atoms with Crippen LogP contribution in [-0.2, 0) is 28.8 Å². The molecule has 4 amide bonds. The molecule has 0 saturated carbocycles. The van der Waals surface area contributed by atoms with Crippen molar-refractivity contribution in [1.82, 2.24) is 21.3 Å². The lowest BCUT2D eigenvalue weighted by Crippen LogP contribution is -2.59. The predicted molar refractivity (Wildman–Crippen MR) is 134 cm³/mol. The third-order valence-electron chi connectivity index (χ3n) is 5.54. The van der Waals surface area contributed by atoms with E-state index in [1.807, 2.05) is 0 Å². The number of hydrogen-bond acceptors (Lipinski definition) is 8. The van der Waals surface area contributed by atoms with Crippen molar-refractivity contribution < 1.29 is 39.0 Å². The molecule has 14 nitrogen and oxygen atoms in total. The number of rotatable bonds is 17. The van der Waals surface area contributed by atoms with Crippen molar-refractivity contribution in [1.29, 1.82) is 0 Å². The summed E-state index contributed by atoms with van der Waals surface area (Å²) in [5.74, 6) is -6.21. The zero-order valence-corrected chi connectivity index (χ0v) is 22.1. The van der Waals surface area contributed by atoms with Gasteiger partial charge in [-0.1, -0.05) is 27.7 Å². The molecule has 0 unspecified atom stereocenters. The van der Waals surface area contributed by atoms with Gasteiger partial charge in [0.05, 0.1) is 12.5 Å². The molecular weight excluding hydrogens is 488 g/mol. The minimum absolute atomic E-state index is 0.185. The van der Waals surface area contributed by atoms with Crippen molar-refractivity contribution in [3.8, 4) is 0 Å². The SMILES string of the molecule is CC(C)[C@H](NC(=O)[C@H](C)NC(=O)[C@H](CCCCN)NC(=O)[C@@H](NC(=O)[C@@H](N)CC(=O)O)C(C)C)C(=O)O. The van der Waals surface area contributed by atoms with Gasteiger partial charge < -0.3 is 42.9 Å². The monoisotopic (exact) mass is 530 g/mol. The van der Waals surface area contributed by atoms with E-state index in [1.54, 1.807) is 27.7 Å². The number of carboxylic acids is 2. The van der Waals surface area contributed by atoms with Crippen LogP contribution in [0.15, 0.2) is 0 Å². The van der Waals surface area contributed by atoms with Crippen LogP contribution in [-0.4, -0.2) is 82.5 Å². The molecule has 0 aliphatic carbocycles. The average molecular weight is 531 g/mol. The van der Waals surface area contributed by atoms with Crippen molar-refractivity contribution >= 4 is 35.6 Å². The fraction of sp³-hybridized carbons (Fsp3) is 0.739. The summed E-state index contributed by atoms with van der Waals surface area (Å²) < 4.78 is 0. The van der Waals surface area contributed by atoms with Gasteiger partial charge in [0.1, 0.15) is 24.2 Å². The first-order chi connectivity index (χ1) is 17.1. The fourth-order valence-electron chi connectivity index (χ4n) is 3.27. The van der Waals surface area contributed by atoms with Crippen LogP contribution in [0.5, 0.6) is 0 Å². The van der Waals surface area contributed by atoms with Gasteiger partial charge in [0.25, 0.3) is 0 Å². The van der Waals surface area contributed by atoms with Gasteiger partial charge in [-0.05, 0) is 44.6 Å². The van der Waals surface area contributed by atoms with Crippen LogP contribution in [0.2, 0.25) is 0 Å². The lowest BCUT2D eigenvalue weighted by molar-refractivity contribution is -0.143. The number of carbonyl (C=O) groups is 6. The number of aliphatic carboxylic acids is 2. The second-order valence-corrected chi connectivity index (χ2v) is 9.58. The van der Waals surface area contributed by atoms with Crippen LogP contribution in [0.25, 0.3) is 0 Å². The van der Waals surface area contributed by atoms with Crippen LogP contribution >= 0.6 is 0 Å². The van der Waals surface area contributed by atoms with Crippen LogP contribution in [0, 0.1) is 11.8 Å². The summed E-state index contributed by atoms with van der Waals surface area (Å²) in [6.45, 7) is 8.30. The summed E-state index contributed by atoms with van der Waals surface area (Å²) in [5, 5.41) is 28.0. The van der Waals surface area contributed by atoms with Crippen LogP contribution in [0.1, 0.15) is 60.3 Å². The number of carbonyl (C=O) groups excluding carboxylic acids is 4. The van der Waals surface area contributed by atoms with E-state index in [-0.39, 0.29) is 12.3 Å². The second kappa shape index (κ2) is 16.5. The maximum atomic E-state index is 13.0. The Morgan fingerprint density at radius 3 is 1.70 bits per heavy atom. The summed E-state index contributed by atoms with van der Waals surface area (Å²) >= 11 is 0. The van der Waals surface area contributed by atoms with E-state index in [4.69, 9.17) is 16.6 Å². The molecule has 5 atom stereocenters. The second-order valence-electron chi connectivity index (χ2n) is 9.58.